The van der Waals surface area contributed by atoms with Crippen molar-refractivity contribution in [1.82, 2.24) is 5.32 Å². The van der Waals surface area contributed by atoms with Crippen LogP contribution in [-0.2, 0) is 4.79 Å². The van der Waals surface area contributed by atoms with Gasteiger partial charge in [-0.2, -0.15) is 0 Å². The largest absolute Gasteiger partial charge is 0.336 e. The maximum atomic E-state index is 11.8. The molecule has 1 saturated heterocycles. The van der Waals surface area contributed by atoms with Crippen LogP contribution in [0.2, 0.25) is 0 Å². The van der Waals surface area contributed by atoms with Crippen LogP contribution in [0.1, 0.15) is 19.8 Å². The fourth-order valence-electron chi connectivity index (χ4n) is 2.06. The number of carbonyl (C=O) groups excluding carboxylic acids is 2. The standard InChI is InChI=1S/C14H20N4O2/c1-2-10(15)8-13(19)17-11-4-3-5-12(9-11)18-7-6-16-14(18)20/h3-5,9-10H,2,6-8,15H2,1H3,(H,16,20)(H,17,19). The summed E-state index contributed by atoms with van der Waals surface area (Å²) in [5, 5.41) is 5.55. The predicted molar refractivity (Wildman–Crippen MR) is 78.7 cm³/mol. The first-order valence-corrected chi connectivity index (χ1v) is 6.81. The number of urea groups is 1. The van der Waals surface area contributed by atoms with Gasteiger partial charge in [0.1, 0.15) is 0 Å². The number of nitrogens with one attached hydrogen (secondary N) is 2. The first-order valence-electron chi connectivity index (χ1n) is 6.81. The number of nitrogens with zero attached hydrogens (tertiary/aromatic N) is 1. The summed E-state index contributed by atoms with van der Waals surface area (Å²) in [4.78, 5) is 25.0. The molecule has 108 valence electrons. The van der Waals surface area contributed by atoms with E-state index in [2.05, 4.69) is 10.6 Å². The first-order chi connectivity index (χ1) is 9.60. The van der Waals surface area contributed by atoms with Gasteiger partial charge in [-0.15, -0.1) is 0 Å². The van der Waals surface area contributed by atoms with E-state index in [1.54, 1.807) is 17.0 Å². The minimum Gasteiger partial charge on any atom is -0.336 e. The first kappa shape index (κ1) is 14.3. The van der Waals surface area contributed by atoms with Crippen LogP contribution in [-0.4, -0.2) is 31.1 Å². The summed E-state index contributed by atoms with van der Waals surface area (Å²) in [6.07, 6.45) is 1.06. The van der Waals surface area contributed by atoms with Crippen LogP contribution in [0.15, 0.2) is 24.3 Å². The molecule has 1 aliphatic heterocycles. The van der Waals surface area contributed by atoms with Crippen molar-refractivity contribution < 1.29 is 9.59 Å². The van der Waals surface area contributed by atoms with Crippen molar-refractivity contribution in [3.63, 3.8) is 0 Å². The highest BCUT2D eigenvalue weighted by molar-refractivity contribution is 5.96. The third-order valence-corrected chi connectivity index (χ3v) is 3.27. The van der Waals surface area contributed by atoms with Gasteiger partial charge in [-0.3, -0.25) is 9.69 Å². The van der Waals surface area contributed by atoms with Gasteiger partial charge in [-0.05, 0) is 24.6 Å². The van der Waals surface area contributed by atoms with E-state index in [-0.39, 0.29) is 18.0 Å². The molecule has 0 radical (unpaired) electrons. The molecule has 3 amide bonds. The fourth-order valence-corrected chi connectivity index (χ4v) is 2.06. The summed E-state index contributed by atoms with van der Waals surface area (Å²) < 4.78 is 0. The lowest BCUT2D eigenvalue weighted by Gasteiger charge is -2.16. The average molecular weight is 276 g/mol. The molecule has 1 aromatic carbocycles. The number of amides is 3. The molecule has 20 heavy (non-hydrogen) atoms. The Hall–Kier alpha value is -2.08. The molecule has 0 spiro atoms. The average Bonchev–Trinajstić information content (AvgIpc) is 2.85. The van der Waals surface area contributed by atoms with E-state index in [0.717, 1.165) is 12.1 Å². The molecule has 6 nitrogen and oxygen atoms in total. The molecule has 1 heterocycles. The Balaban J connectivity index is 2.02. The quantitative estimate of drug-likeness (QED) is 0.757. The van der Waals surface area contributed by atoms with Crippen molar-refractivity contribution >= 4 is 23.3 Å². The van der Waals surface area contributed by atoms with E-state index in [1.807, 2.05) is 19.1 Å². The van der Waals surface area contributed by atoms with Crippen LogP contribution in [0.3, 0.4) is 0 Å². The van der Waals surface area contributed by atoms with Gasteiger partial charge >= 0.3 is 6.03 Å². The van der Waals surface area contributed by atoms with E-state index in [9.17, 15) is 9.59 Å². The lowest BCUT2D eigenvalue weighted by atomic mass is 10.1. The summed E-state index contributed by atoms with van der Waals surface area (Å²) in [6, 6.07) is 7.02. The van der Waals surface area contributed by atoms with E-state index in [0.29, 0.717) is 25.2 Å². The zero-order valence-corrected chi connectivity index (χ0v) is 11.6. The second-order valence-corrected chi connectivity index (χ2v) is 4.85. The Morgan fingerprint density at radius 3 is 3.00 bits per heavy atom. The van der Waals surface area contributed by atoms with Crippen LogP contribution >= 0.6 is 0 Å². The smallest absolute Gasteiger partial charge is 0.321 e. The second kappa shape index (κ2) is 6.38. The van der Waals surface area contributed by atoms with Crippen molar-refractivity contribution in [1.29, 1.82) is 0 Å². The van der Waals surface area contributed by atoms with Gasteiger partial charge < -0.3 is 16.4 Å². The maximum absolute atomic E-state index is 11.8. The number of hydrogen-bond acceptors (Lipinski definition) is 3. The molecule has 1 atom stereocenters. The van der Waals surface area contributed by atoms with E-state index >= 15 is 0 Å². The molecule has 2 rings (SSSR count). The minimum absolute atomic E-state index is 0.109. The predicted octanol–water partition coefficient (Wildman–Crippen LogP) is 1.28. The second-order valence-electron chi connectivity index (χ2n) is 4.85. The van der Waals surface area contributed by atoms with Crippen LogP contribution in [0.25, 0.3) is 0 Å². The normalized spacial score (nSPS) is 15.9. The van der Waals surface area contributed by atoms with Crippen molar-refractivity contribution in [3.8, 4) is 0 Å². The van der Waals surface area contributed by atoms with Crippen molar-refractivity contribution in [3.05, 3.63) is 24.3 Å². The topological polar surface area (TPSA) is 87.5 Å². The van der Waals surface area contributed by atoms with E-state index in [1.165, 1.54) is 0 Å². The van der Waals surface area contributed by atoms with Crippen LogP contribution < -0.4 is 21.3 Å². The summed E-state index contributed by atoms with van der Waals surface area (Å²) in [5.41, 5.74) is 7.21. The Morgan fingerprint density at radius 2 is 2.35 bits per heavy atom. The van der Waals surface area contributed by atoms with Gasteiger partial charge in [-0.25, -0.2) is 4.79 Å². The lowest BCUT2D eigenvalue weighted by Crippen LogP contribution is -2.28. The molecule has 1 unspecified atom stereocenters. The summed E-state index contributed by atoms with van der Waals surface area (Å²) in [5.74, 6) is -0.109. The molecule has 0 bridgehead atoms. The SMILES string of the molecule is CCC(N)CC(=O)Nc1cccc(N2CCNC2=O)c1. The third kappa shape index (κ3) is 3.48. The summed E-state index contributed by atoms with van der Waals surface area (Å²) in [6.45, 7) is 3.22. The zero-order valence-electron chi connectivity index (χ0n) is 11.6. The number of carbonyl (C=O) groups is 2. The molecule has 0 aliphatic carbocycles. The summed E-state index contributed by atoms with van der Waals surface area (Å²) in [7, 11) is 0. The number of nitrogens with two attached hydrogens (primary N) is 1. The van der Waals surface area contributed by atoms with Crippen molar-refractivity contribution in [2.24, 2.45) is 5.73 Å². The number of rotatable bonds is 5. The van der Waals surface area contributed by atoms with E-state index < -0.39 is 0 Å². The maximum Gasteiger partial charge on any atom is 0.321 e. The number of hydrogen-bond donors (Lipinski definition) is 3. The van der Waals surface area contributed by atoms with Crippen LogP contribution in [0.4, 0.5) is 16.2 Å². The lowest BCUT2D eigenvalue weighted by molar-refractivity contribution is -0.116. The van der Waals surface area contributed by atoms with E-state index in [4.69, 9.17) is 5.73 Å². The van der Waals surface area contributed by atoms with Crippen molar-refractivity contribution in [2.75, 3.05) is 23.3 Å². The molecule has 1 aromatic rings. The third-order valence-electron chi connectivity index (χ3n) is 3.27. The molecule has 6 heteroatoms. The van der Waals surface area contributed by atoms with Gasteiger partial charge in [-0.1, -0.05) is 13.0 Å². The highest BCUT2D eigenvalue weighted by Crippen LogP contribution is 2.21. The monoisotopic (exact) mass is 276 g/mol. The van der Waals surface area contributed by atoms with Gasteiger partial charge in [0.2, 0.25) is 5.91 Å². The Bertz CT molecular complexity index is 504. The highest BCUT2D eigenvalue weighted by Gasteiger charge is 2.21. The highest BCUT2D eigenvalue weighted by atomic mass is 16.2. The molecular weight excluding hydrogens is 256 g/mol. The molecule has 4 N–H and O–H groups in total. The van der Waals surface area contributed by atoms with Crippen LogP contribution in [0.5, 0.6) is 0 Å². The van der Waals surface area contributed by atoms with Crippen LogP contribution in [0, 0.1) is 0 Å². The molecule has 0 saturated carbocycles. The van der Waals surface area contributed by atoms with Crippen molar-refractivity contribution in [2.45, 2.75) is 25.8 Å². The molecule has 0 aromatic heterocycles. The molecule has 1 fully saturated rings. The Kier molecular flexibility index (Phi) is 4.57. The van der Waals surface area contributed by atoms with Gasteiger partial charge in [0.15, 0.2) is 0 Å². The fraction of sp³-hybridized carbons (Fsp3) is 0.429. The zero-order chi connectivity index (χ0) is 14.5. The van der Waals surface area contributed by atoms with Gasteiger partial charge in [0.05, 0.1) is 0 Å². The summed E-state index contributed by atoms with van der Waals surface area (Å²) >= 11 is 0. The number of benzene rings is 1. The minimum atomic E-state index is -0.123. The Labute approximate surface area is 118 Å². The van der Waals surface area contributed by atoms with Gasteiger partial charge in [0.25, 0.3) is 0 Å². The van der Waals surface area contributed by atoms with Gasteiger partial charge in [0, 0.05) is 36.9 Å². The Morgan fingerprint density at radius 1 is 1.55 bits per heavy atom. The molecule has 1 aliphatic rings. The number of anilines is 2. The molecular formula is C14H20N4O2.